The quantitative estimate of drug-likeness (QED) is 0.586. The highest BCUT2D eigenvalue weighted by Gasteiger charge is 2.66. The Bertz CT molecular complexity index is 1410. The van der Waals surface area contributed by atoms with Crippen LogP contribution >= 0.6 is 0 Å². The van der Waals surface area contributed by atoms with Gasteiger partial charge in [-0.3, -0.25) is 9.59 Å². The van der Waals surface area contributed by atoms with Gasteiger partial charge < -0.3 is 15.0 Å². The number of benzene rings is 1. The van der Waals surface area contributed by atoms with Crippen LogP contribution in [0.25, 0.3) is 16.6 Å². The molecular weight excluding hydrogens is 422 g/mol. The fourth-order valence-electron chi connectivity index (χ4n) is 5.69. The zero-order chi connectivity index (χ0) is 22.9. The lowest BCUT2D eigenvalue weighted by Gasteiger charge is -2.23. The van der Waals surface area contributed by atoms with Crippen LogP contribution in [0.2, 0.25) is 0 Å². The van der Waals surface area contributed by atoms with Crippen molar-refractivity contribution in [3.63, 3.8) is 0 Å². The average molecular weight is 447 g/mol. The summed E-state index contributed by atoms with van der Waals surface area (Å²) in [5.41, 5.74) is 1.39. The number of hydrogen-bond donors (Lipinski definition) is 1. The number of amides is 2. The van der Waals surface area contributed by atoms with Gasteiger partial charge in [-0.1, -0.05) is 30.4 Å². The van der Waals surface area contributed by atoms with Gasteiger partial charge in [0.25, 0.3) is 0 Å². The van der Waals surface area contributed by atoms with Crippen molar-refractivity contribution in [2.75, 3.05) is 19.6 Å². The lowest BCUT2D eigenvalue weighted by Crippen LogP contribution is -2.45. The minimum absolute atomic E-state index is 0.0246. The van der Waals surface area contributed by atoms with Gasteiger partial charge in [-0.2, -0.15) is 0 Å². The van der Waals surface area contributed by atoms with E-state index in [0.29, 0.717) is 18.7 Å². The van der Waals surface area contributed by atoms with Crippen LogP contribution in [-0.4, -0.2) is 62.2 Å². The maximum atomic E-state index is 13.1. The molecule has 170 valence electrons. The van der Waals surface area contributed by atoms with Crippen LogP contribution < -0.4 is 11.0 Å². The first-order valence-electron chi connectivity index (χ1n) is 11.3. The number of para-hydroxylation sites is 1. The highest BCUT2D eigenvalue weighted by Crippen LogP contribution is 2.51. The number of aromatic nitrogens is 3. The number of likely N-dealkylation sites (tertiary alicyclic amines) is 1. The smallest absolute Gasteiger partial charge is 0.350 e. The summed E-state index contributed by atoms with van der Waals surface area (Å²) in [5, 5.41) is 8.38. The third kappa shape index (κ3) is 2.75. The molecule has 2 fully saturated rings. The zero-order valence-corrected chi connectivity index (χ0v) is 18.5. The fourth-order valence-corrected chi connectivity index (χ4v) is 5.69. The van der Waals surface area contributed by atoms with Gasteiger partial charge in [0, 0.05) is 13.1 Å². The second-order valence-corrected chi connectivity index (χ2v) is 9.09. The molecule has 2 amide bonds. The van der Waals surface area contributed by atoms with E-state index in [1.54, 1.807) is 9.30 Å². The van der Waals surface area contributed by atoms with Crippen LogP contribution in [0.4, 0.5) is 0 Å². The molecule has 9 heteroatoms. The zero-order valence-electron chi connectivity index (χ0n) is 18.5. The Morgan fingerprint density at radius 3 is 2.94 bits per heavy atom. The minimum atomic E-state index is -0.684. The molecule has 3 aliphatic rings. The summed E-state index contributed by atoms with van der Waals surface area (Å²) < 4.78 is 9.09. The van der Waals surface area contributed by atoms with Gasteiger partial charge >= 0.3 is 5.69 Å². The molecule has 6 rings (SSSR count). The summed E-state index contributed by atoms with van der Waals surface area (Å²) in [6, 6.07) is 9.71. The Kier molecular flexibility index (Phi) is 4.29. The molecule has 1 N–H and O–H groups in total. The number of nitrogens with one attached hydrogen (secondary N) is 1. The molecule has 0 unspecified atom stereocenters. The van der Waals surface area contributed by atoms with E-state index in [4.69, 9.17) is 4.74 Å². The van der Waals surface area contributed by atoms with Gasteiger partial charge in [0.1, 0.15) is 5.60 Å². The van der Waals surface area contributed by atoms with E-state index in [-0.39, 0.29) is 36.7 Å². The van der Waals surface area contributed by atoms with Gasteiger partial charge in [-0.05, 0) is 36.9 Å². The summed E-state index contributed by atoms with van der Waals surface area (Å²) in [4.78, 5) is 40.8. The van der Waals surface area contributed by atoms with Crippen molar-refractivity contribution in [3.05, 3.63) is 58.5 Å². The first-order valence-corrected chi connectivity index (χ1v) is 11.3. The Morgan fingerprint density at radius 2 is 2.12 bits per heavy atom. The molecule has 1 aromatic carbocycles. The molecule has 3 aromatic rings. The Morgan fingerprint density at radius 1 is 1.30 bits per heavy atom. The van der Waals surface area contributed by atoms with E-state index in [1.807, 2.05) is 56.3 Å². The van der Waals surface area contributed by atoms with Crippen molar-refractivity contribution in [1.82, 2.24) is 24.4 Å². The summed E-state index contributed by atoms with van der Waals surface area (Å²) in [5.74, 6) is -1.29. The molecule has 4 atom stereocenters. The van der Waals surface area contributed by atoms with Gasteiger partial charge in [0.05, 0.1) is 36.5 Å². The number of fused-ring (bicyclic) bond motifs is 4. The lowest BCUT2D eigenvalue weighted by molar-refractivity contribution is -0.137. The lowest BCUT2D eigenvalue weighted by atomic mass is 9.77. The third-order valence-corrected chi connectivity index (χ3v) is 7.23. The molecule has 2 saturated heterocycles. The molecule has 0 radical (unpaired) electrons. The van der Waals surface area contributed by atoms with Crippen LogP contribution in [0.5, 0.6) is 0 Å². The van der Waals surface area contributed by atoms with E-state index in [2.05, 4.69) is 10.4 Å². The predicted molar refractivity (Wildman–Crippen MR) is 121 cm³/mol. The van der Waals surface area contributed by atoms with Crippen molar-refractivity contribution in [2.24, 2.45) is 11.8 Å². The normalized spacial score (nSPS) is 27.8. The van der Waals surface area contributed by atoms with Crippen molar-refractivity contribution in [2.45, 2.75) is 32.1 Å². The van der Waals surface area contributed by atoms with Crippen molar-refractivity contribution in [3.8, 4) is 0 Å². The Hall–Kier alpha value is -3.46. The molecule has 3 aliphatic heterocycles. The van der Waals surface area contributed by atoms with Crippen LogP contribution in [0, 0.1) is 18.8 Å². The monoisotopic (exact) mass is 447 g/mol. The summed E-state index contributed by atoms with van der Waals surface area (Å²) in [6.45, 7) is 5.41. The van der Waals surface area contributed by atoms with E-state index >= 15 is 0 Å². The van der Waals surface area contributed by atoms with E-state index in [1.165, 1.54) is 4.68 Å². The maximum Gasteiger partial charge on any atom is 0.350 e. The minimum Gasteiger partial charge on any atom is -0.360 e. The van der Waals surface area contributed by atoms with Gasteiger partial charge in [0.2, 0.25) is 11.8 Å². The molecule has 33 heavy (non-hydrogen) atoms. The van der Waals surface area contributed by atoms with Crippen LogP contribution in [0.15, 0.2) is 47.3 Å². The number of hydrogen-bond acceptors (Lipinski definition) is 5. The number of nitrogens with zero attached hydrogens (tertiary/aromatic N) is 4. The molecule has 0 saturated carbocycles. The summed E-state index contributed by atoms with van der Waals surface area (Å²) in [7, 11) is 0. The average Bonchev–Trinajstić information content (AvgIpc) is 3.53. The maximum absolute atomic E-state index is 13.1. The number of rotatable bonds is 5. The second-order valence-electron chi connectivity index (χ2n) is 9.09. The Balaban J connectivity index is 1.21. The number of pyridine rings is 1. The van der Waals surface area contributed by atoms with Crippen LogP contribution in [0.1, 0.15) is 12.5 Å². The number of carbonyl (C=O) groups excluding carboxylic acids is 2. The Labute approximate surface area is 189 Å². The fraction of sp³-hybridized carbons (Fsp3) is 0.417. The number of carbonyl (C=O) groups is 2. The predicted octanol–water partition coefficient (Wildman–Crippen LogP) is 0.876. The van der Waals surface area contributed by atoms with Crippen molar-refractivity contribution in [1.29, 1.82) is 0 Å². The van der Waals surface area contributed by atoms with E-state index < -0.39 is 17.4 Å². The van der Waals surface area contributed by atoms with Gasteiger partial charge in [-0.25, -0.2) is 13.9 Å². The molecule has 5 heterocycles. The van der Waals surface area contributed by atoms with Gasteiger partial charge in [0.15, 0.2) is 5.65 Å². The van der Waals surface area contributed by atoms with E-state index in [0.717, 1.165) is 16.5 Å². The topological polar surface area (TPSA) is 97.9 Å². The van der Waals surface area contributed by atoms with Crippen LogP contribution in [-0.2, 0) is 20.9 Å². The highest BCUT2D eigenvalue weighted by molar-refractivity contribution is 5.93. The molecule has 2 bridgehead atoms. The number of ether oxygens (including phenoxy) is 1. The first-order chi connectivity index (χ1) is 15.9. The molecule has 2 aromatic heterocycles. The standard InChI is InChI=1S/C24H25N5O4/c1-3-27-13-24-9-8-17(33-24)18(19(24)22(27)31)21(30)25-10-11-28-23(32)29-16-7-5-4-6-15(16)12-14(2)20(29)26-28/h4-9,12,17-19H,3,10-11,13H2,1-2H3,(H,25,30)/t17-,18-,19-,24-/m1/s1. The van der Waals surface area contributed by atoms with Gasteiger partial charge in [-0.15, -0.1) is 5.10 Å². The second kappa shape index (κ2) is 7.02. The summed E-state index contributed by atoms with van der Waals surface area (Å²) >= 11 is 0. The van der Waals surface area contributed by atoms with Crippen molar-refractivity contribution < 1.29 is 14.3 Å². The molecular formula is C24H25N5O4. The van der Waals surface area contributed by atoms with Crippen molar-refractivity contribution >= 4 is 28.4 Å². The highest BCUT2D eigenvalue weighted by atomic mass is 16.5. The van der Waals surface area contributed by atoms with Crippen LogP contribution in [0.3, 0.4) is 0 Å². The van der Waals surface area contributed by atoms with E-state index in [9.17, 15) is 14.4 Å². The molecule has 0 aliphatic carbocycles. The summed E-state index contributed by atoms with van der Waals surface area (Å²) in [6.07, 6.45) is 3.46. The third-order valence-electron chi connectivity index (χ3n) is 7.23. The SMILES string of the molecule is CCN1C[C@@]23C=C[C@@H](O2)[C@@H](C(=O)NCCn2nc4c(C)cc5ccccc5n4c2=O)[C@@H]3C1=O. The number of likely N-dealkylation sites (N-methyl/N-ethyl adjacent to an activating group) is 1. The molecule has 1 spiro atoms. The number of aryl methyl sites for hydroxylation is 1. The molecule has 9 nitrogen and oxygen atoms in total. The largest absolute Gasteiger partial charge is 0.360 e. The first kappa shape index (κ1) is 20.2.